The molecule has 0 aliphatic heterocycles. The van der Waals surface area contributed by atoms with Crippen molar-refractivity contribution >= 4 is 15.6 Å². The van der Waals surface area contributed by atoms with Crippen LogP contribution in [0.25, 0.3) is 0 Å². The van der Waals surface area contributed by atoms with E-state index in [2.05, 4.69) is 8.99 Å². The van der Waals surface area contributed by atoms with Crippen LogP contribution in [-0.2, 0) is 18.1 Å². The quantitative estimate of drug-likeness (QED) is 0.215. The molecule has 0 saturated carbocycles. The van der Waals surface area contributed by atoms with Crippen molar-refractivity contribution in [2.75, 3.05) is 0 Å². The summed E-state index contributed by atoms with van der Waals surface area (Å²) in [5.41, 5.74) is 0. The standard InChI is InChI=1S/2K.2Li.H4O8P2/c;;;;1-7-10(5,6)8-9(2,3)4/h;;;;1H,(H,5,6)(H2,2,3,4)/q4*+1;/p-4. The van der Waals surface area contributed by atoms with E-state index >= 15 is 0 Å². The molecule has 1 atom stereocenters. The minimum atomic E-state index is -5.70. The van der Waals surface area contributed by atoms with Crippen molar-refractivity contribution < 1.29 is 179 Å². The van der Waals surface area contributed by atoms with E-state index < -0.39 is 15.6 Å². The third kappa shape index (κ3) is 21.9. The summed E-state index contributed by atoms with van der Waals surface area (Å²) in [6.07, 6.45) is 0. The van der Waals surface area contributed by atoms with Crippen molar-refractivity contribution in [1.82, 2.24) is 0 Å². The van der Waals surface area contributed by atoms with Crippen molar-refractivity contribution in [1.29, 1.82) is 0 Å². The van der Waals surface area contributed by atoms with Gasteiger partial charge in [-0.3, -0.25) is 8.88 Å². The summed E-state index contributed by atoms with van der Waals surface area (Å²) in [5.74, 6) is 0. The Balaban J connectivity index is -0.0000000675. The summed E-state index contributed by atoms with van der Waals surface area (Å²) in [7, 11) is -11.2. The van der Waals surface area contributed by atoms with Crippen LogP contribution in [0.1, 0.15) is 0 Å². The summed E-state index contributed by atoms with van der Waals surface area (Å²) in [6, 6.07) is 0. The smallest absolute Gasteiger partial charge is 0.790 e. The van der Waals surface area contributed by atoms with E-state index in [1.807, 2.05) is 0 Å². The molecule has 0 aromatic carbocycles. The number of hydrogen-bond acceptors (Lipinski definition) is 8. The topological polar surface area (TPSA) is 145 Å². The molecule has 0 bridgehead atoms. The fourth-order valence-corrected chi connectivity index (χ4v) is 1.22. The zero-order chi connectivity index (χ0) is 8.41. The molecule has 0 aliphatic rings. The normalized spacial score (nSPS) is 13.1. The van der Waals surface area contributed by atoms with E-state index in [4.69, 9.17) is 5.26 Å². The zero-order valence-corrected chi connectivity index (χ0v) is 16.2. The van der Waals surface area contributed by atoms with Crippen molar-refractivity contribution in [3.8, 4) is 0 Å². The Bertz CT molecular complexity index is 202. The third-order valence-electron chi connectivity index (χ3n) is 0.291. The maximum Gasteiger partial charge on any atom is 1.00 e. The van der Waals surface area contributed by atoms with Crippen LogP contribution in [0, 0.1) is 0 Å². The summed E-state index contributed by atoms with van der Waals surface area (Å²) in [6.45, 7) is 0. The van der Waals surface area contributed by atoms with Gasteiger partial charge >= 0.3 is 140 Å². The molecular weight excluding hydrogens is 282 g/mol. The molecule has 1 unspecified atom stereocenters. The molecule has 0 heterocycles. The summed E-state index contributed by atoms with van der Waals surface area (Å²) in [5, 5.41) is 9.03. The second-order valence-corrected chi connectivity index (χ2v) is 3.64. The second-order valence-electron chi connectivity index (χ2n) is 1.05. The molecule has 14 heavy (non-hydrogen) atoms. The first kappa shape index (κ1) is 31.2. The van der Waals surface area contributed by atoms with Crippen molar-refractivity contribution in [3.05, 3.63) is 0 Å². The average molecular weight is 282 g/mol. The first-order valence-electron chi connectivity index (χ1n) is 1.63. The Morgan fingerprint density at radius 2 is 1.21 bits per heavy atom. The molecule has 0 saturated heterocycles. The van der Waals surface area contributed by atoms with Crippen LogP contribution in [0.4, 0.5) is 0 Å². The molecule has 8 nitrogen and oxygen atoms in total. The maximum atomic E-state index is 9.71. The molecule has 14 heteroatoms. The van der Waals surface area contributed by atoms with E-state index in [1.165, 1.54) is 0 Å². The fraction of sp³-hybridized carbons (Fsp3) is 0. The monoisotopic (exact) mass is 282 g/mol. The van der Waals surface area contributed by atoms with Gasteiger partial charge in [-0.1, -0.05) is 0 Å². The van der Waals surface area contributed by atoms with E-state index in [9.17, 15) is 23.8 Å². The van der Waals surface area contributed by atoms with Gasteiger partial charge < -0.3 is 29.2 Å². The van der Waals surface area contributed by atoms with Gasteiger partial charge in [0.15, 0.2) is 0 Å². The van der Waals surface area contributed by atoms with E-state index in [0.717, 1.165) is 0 Å². The van der Waals surface area contributed by atoms with Gasteiger partial charge in [-0.15, -0.1) is 0 Å². The predicted molar refractivity (Wildman–Crippen MR) is 17.4 cm³/mol. The minimum Gasteiger partial charge on any atom is -0.790 e. The molecular formula is K2Li2O8P2. The van der Waals surface area contributed by atoms with Gasteiger partial charge in [-0.2, -0.15) is 0 Å². The van der Waals surface area contributed by atoms with Crippen molar-refractivity contribution in [3.63, 3.8) is 0 Å². The third-order valence-corrected chi connectivity index (χ3v) is 2.07. The molecule has 0 radical (unpaired) electrons. The van der Waals surface area contributed by atoms with Gasteiger partial charge in [-0.25, -0.2) is 0 Å². The Hall–Kier alpha value is 4.69. The molecule has 0 aromatic heterocycles. The van der Waals surface area contributed by atoms with Gasteiger partial charge in [0.1, 0.15) is 0 Å². The van der Waals surface area contributed by atoms with Crippen LogP contribution in [0.3, 0.4) is 0 Å². The molecule has 0 N–H and O–H groups in total. The predicted octanol–water partition coefficient (Wildman–Crippen LogP) is -15.4. The minimum absolute atomic E-state index is 0. The van der Waals surface area contributed by atoms with Gasteiger partial charge in [0.25, 0.3) is 7.82 Å². The second kappa shape index (κ2) is 14.1. The van der Waals surface area contributed by atoms with Crippen LogP contribution >= 0.6 is 15.6 Å². The molecule has 0 rings (SSSR count). The molecule has 0 aliphatic carbocycles. The molecule has 0 aromatic rings. The Kier molecular flexibility index (Phi) is 31.4. The van der Waals surface area contributed by atoms with E-state index in [1.54, 1.807) is 0 Å². The Morgan fingerprint density at radius 3 is 1.29 bits per heavy atom. The Labute approximate surface area is 189 Å². The molecule has 0 amide bonds. The van der Waals surface area contributed by atoms with Crippen LogP contribution < -0.4 is 160 Å². The fourth-order valence-electron chi connectivity index (χ4n) is 0.136. The van der Waals surface area contributed by atoms with Crippen LogP contribution in [0.15, 0.2) is 0 Å². The van der Waals surface area contributed by atoms with Gasteiger partial charge in [0.05, 0.1) is 7.82 Å². The molecule has 0 spiro atoms. The van der Waals surface area contributed by atoms with Crippen LogP contribution in [-0.4, -0.2) is 0 Å². The van der Waals surface area contributed by atoms with Gasteiger partial charge in [0, 0.05) is 0 Å². The summed E-state index contributed by atoms with van der Waals surface area (Å²) in [4.78, 5) is 28.6. The average Bonchev–Trinajstić information content (AvgIpc) is 1.60. The molecule has 0 fully saturated rings. The number of phosphoric acid groups is 2. The molecule has 62 valence electrons. The van der Waals surface area contributed by atoms with E-state index in [0.29, 0.717) is 0 Å². The first-order valence-corrected chi connectivity index (χ1v) is 4.55. The summed E-state index contributed by atoms with van der Waals surface area (Å²) >= 11 is 0. The SMILES string of the molecule is O=P([O-])([O-])OP(=O)([O-])O[O-].[K+].[K+].[Li+].[Li+]. The van der Waals surface area contributed by atoms with Crippen LogP contribution in [0.5, 0.6) is 0 Å². The first-order chi connectivity index (χ1) is 4.27. The Morgan fingerprint density at radius 1 is 0.929 bits per heavy atom. The van der Waals surface area contributed by atoms with E-state index in [-0.39, 0.29) is 140 Å². The number of hydrogen-bond donors (Lipinski definition) is 0. The maximum absolute atomic E-state index is 9.71. The van der Waals surface area contributed by atoms with Gasteiger partial charge in [-0.05, 0) is 0 Å². The van der Waals surface area contributed by atoms with Crippen molar-refractivity contribution in [2.24, 2.45) is 0 Å². The zero-order valence-electron chi connectivity index (χ0n) is 8.16. The summed E-state index contributed by atoms with van der Waals surface area (Å²) < 4.78 is 24.1. The number of rotatable bonds is 3. The van der Waals surface area contributed by atoms with Crippen LogP contribution in [0.2, 0.25) is 0 Å². The van der Waals surface area contributed by atoms with Gasteiger partial charge in [0.2, 0.25) is 0 Å². The largest absolute Gasteiger partial charge is 1.00 e. The van der Waals surface area contributed by atoms with Crippen molar-refractivity contribution in [2.45, 2.75) is 0 Å².